The average Bonchev–Trinajstić information content (AvgIpc) is 2.69. The highest BCUT2D eigenvalue weighted by molar-refractivity contribution is 5.98. The van der Waals surface area contributed by atoms with Crippen molar-refractivity contribution in [2.75, 3.05) is 0 Å². The number of hydrogen-bond acceptors (Lipinski definition) is 2. The van der Waals surface area contributed by atoms with Gasteiger partial charge in [-0.25, -0.2) is 4.39 Å². The minimum atomic E-state index is -0.584. The van der Waals surface area contributed by atoms with Crippen LogP contribution in [0.1, 0.15) is 86.6 Å². The molecule has 3 heteroatoms. The Morgan fingerprint density at radius 3 is 2.23 bits per heavy atom. The molecule has 0 aliphatic heterocycles. The second-order valence-electron chi connectivity index (χ2n) is 8.16. The summed E-state index contributed by atoms with van der Waals surface area (Å²) in [7, 11) is 0. The van der Waals surface area contributed by atoms with Crippen molar-refractivity contribution in [2.45, 2.75) is 70.6 Å². The fourth-order valence-electron chi connectivity index (χ4n) is 5.06. The van der Waals surface area contributed by atoms with Crippen molar-refractivity contribution in [2.24, 2.45) is 17.8 Å². The highest BCUT2D eigenvalue weighted by Gasteiger charge is 2.32. The summed E-state index contributed by atoms with van der Waals surface area (Å²) in [6, 6.07) is 3.32. The molecule has 2 saturated carbocycles. The number of Topliss-reactive ketones (excluding diaryl/α,β-unsaturated/α-hetero) is 1. The molecule has 1 aromatic rings. The van der Waals surface area contributed by atoms with E-state index < -0.39 is 11.6 Å². The Balaban J connectivity index is 1.62. The van der Waals surface area contributed by atoms with Gasteiger partial charge in [-0.15, -0.1) is 6.58 Å². The molecular weight excluding hydrogens is 327 g/mol. The van der Waals surface area contributed by atoms with Gasteiger partial charge in [0, 0.05) is 6.42 Å². The number of aromatic hydroxyl groups is 1. The minimum Gasteiger partial charge on any atom is -0.504 e. The molecule has 3 rings (SSSR count). The molecule has 0 aromatic heterocycles. The van der Waals surface area contributed by atoms with Crippen molar-refractivity contribution < 1.29 is 14.3 Å². The maximum Gasteiger partial charge on any atom is 0.169 e. The third kappa shape index (κ3) is 3.87. The molecule has 1 N–H and O–H groups in total. The molecule has 26 heavy (non-hydrogen) atoms. The molecule has 2 fully saturated rings. The summed E-state index contributed by atoms with van der Waals surface area (Å²) in [6.07, 6.45) is 11.7. The third-order valence-electron chi connectivity index (χ3n) is 6.80. The van der Waals surface area contributed by atoms with Crippen LogP contribution in [0.3, 0.4) is 0 Å². The van der Waals surface area contributed by atoms with Gasteiger partial charge in [-0.1, -0.05) is 19.1 Å². The zero-order chi connectivity index (χ0) is 18.7. The van der Waals surface area contributed by atoms with Crippen molar-refractivity contribution in [3.8, 4) is 5.75 Å². The molecule has 2 nitrogen and oxygen atoms in total. The lowest BCUT2D eigenvalue weighted by Crippen LogP contribution is -2.25. The van der Waals surface area contributed by atoms with E-state index in [1.165, 1.54) is 25.7 Å². The van der Waals surface area contributed by atoms with E-state index in [0.717, 1.165) is 37.5 Å². The molecule has 0 bridgehead atoms. The van der Waals surface area contributed by atoms with E-state index in [4.69, 9.17) is 0 Å². The van der Waals surface area contributed by atoms with Crippen LogP contribution in [0.2, 0.25) is 0 Å². The lowest BCUT2D eigenvalue weighted by Gasteiger charge is -2.37. The molecule has 0 radical (unpaired) electrons. The Morgan fingerprint density at radius 1 is 1.12 bits per heavy atom. The number of hydrogen-bond donors (Lipinski definition) is 1. The van der Waals surface area contributed by atoms with Crippen LogP contribution in [-0.2, 0) is 0 Å². The molecule has 0 atom stereocenters. The van der Waals surface area contributed by atoms with Crippen LogP contribution >= 0.6 is 0 Å². The zero-order valence-corrected chi connectivity index (χ0v) is 15.8. The summed E-state index contributed by atoms with van der Waals surface area (Å²) < 4.78 is 14.7. The van der Waals surface area contributed by atoms with Crippen molar-refractivity contribution >= 4 is 5.78 Å². The van der Waals surface area contributed by atoms with Gasteiger partial charge in [-0.05, 0) is 86.7 Å². The molecule has 0 spiro atoms. The summed E-state index contributed by atoms with van der Waals surface area (Å²) in [5.41, 5.74) is 0.699. The molecule has 0 heterocycles. The number of phenols is 1. The van der Waals surface area contributed by atoms with E-state index in [-0.39, 0.29) is 23.7 Å². The number of rotatable bonds is 5. The average molecular weight is 358 g/mol. The van der Waals surface area contributed by atoms with Crippen molar-refractivity contribution in [3.05, 3.63) is 41.7 Å². The van der Waals surface area contributed by atoms with Gasteiger partial charge in [0.2, 0.25) is 0 Å². The molecule has 0 saturated heterocycles. The van der Waals surface area contributed by atoms with E-state index in [1.807, 2.05) is 0 Å². The van der Waals surface area contributed by atoms with E-state index in [1.54, 1.807) is 19.1 Å². The van der Waals surface area contributed by atoms with Gasteiger partial charge in [0.15, 0.2) is 17.3 Å². The number of carbonyl (C=O) groups excluding carboxylic acids is 1. The van der Waals surface area contributed by atoms with Crippen molar-refractivity contribution in [3.63, 3.8) is 0 Å². The SMILES string of the molecule is C=CC1CCC(C2CCC(c3ccc(C(=O)CC)c(O)c3F)CC2)CC1. The molecule has 0 unspecified atom stereocenters. The molecule has 0 amide bonds. The molecule has 2 aliphatic carbocycles. The fraction of sp³-hybridized carbons (Fsp3) is 0.609. The molecule has 2 aliphatic rings. The lowest BCUT2D eigenvalue weighted by molar-refractivity contribution is 0.0984. The van der Waals surface area contributed by atoms with Crippen LogP contribution in [-0.4, -0.2) is 10.9 Å². The van der Waals surface area contributed by atoms with Gasteiger partial charge < -0.3 is 5.11 Å². The Morgan fingerprint density at radius 2 is 1.69 bits per heavy atom. The topological polar surface area (TPSA) is 37.3 Å². The molecule has 142 valence electrons. The monoisotopic (exact) mass is 358 g/mol. The van der Waals surface area contributed by atoms with Crippen LogP contribution in [0.4, 0.5) is 4.39 Å². The maximum absolute atomic E-state index is 14.7. The van der Waals surface area contributed by atoms with Crippen LogP contribution < -0.4 is 0 Å². The number of phenolic OH excluding ortho intramolecular Hbond substituents is 1. The lowest BCUT2D eigenvalue weighted by atomic mass is 9.68. The quantitative estimate of drug-likeness (QED) is 0.489. The summed E-state index contributed by atoms with van der Waals surface area (Å²) in [6.45, 7) is 5.65. The predicted octanol–water partition coefficient (Wildman–Crippen LogP) is 6.39. The predicted molar refractivity (Wildman–Crippen MR) is 103 cm³/mol. The highest BCUT2D eigenvalue weighted by Crippen LogP contribution is 2.45. The summed E-state index contributed by atoms with van der Waals surface area (Å²) in [4.78, 5) is 11.8. The number of allylic oxidation sites excluding steroid dienone is 1. The van der Waals surface area contributed by atoms with Gasteiger partial charge in [0.05, 0.1) is 5.56 Å². The Labute approximate surface area is 156 Å². The van der Waals surface area contributed by atoms with E-state index in [9.17, 15) is 14.3 Å². The van der Waals surface area contributed by atoms with Gasteiger partial charge in [-0.3, -0.25) is 4.79 Å². The highest BCUT2D eigenvalue weighted by atomic mass is 19.1. The fourth-order valence-corrected chi connectivity index (χ4v) is 5.06. The first-order valence-corrected chi connectivity index (χ1v) is 10.2. The minimum absolute atomic E-state index is 0.112. The first-order chi connectivity index (χ1) is 12.5. The largest absolute Gasteiger partial charge is 0.504 e. The van der Waals surface area contributed by atoms with E-state index in [0.29, 0.717) is 11.5 Å². The van der Waals surface area contributed by atoms with E-state index in [2.05, 4.69) is 12.7 Å². The summed E-state index contributed by atoms with van der Waals surface area (Å²) >= 11 is 0. The van der Waals surface area contributed by atoms with Crippen molar-refractivity contribution in [1.82, 2.24) is 0 Å². The number of ketones is 1. The summed E-state index contributed by atoms with van der Waals surface area (Å²) in [5, 5.41) is 10.1. The first kappa shape index (κ1) is 19.1. The second kappa shape index (κ2) is 8.37. The number of carbonyl (C=O) groups is 1. The van der Waals surface area contributed by atoms with Crippen LogP contribution in [0.25, 0.3) is 0 Å². The Kier molecular flexibility index (Phi) is 6.16. The van der Waals surface area contributed by atoms with Crippen LogP contribution in [0.15, 0.2) is 24.8 Å². The van der Waals surface area contributed by atoms with Gasteiger partial charge in [0.25, 0.3) is 0 Å². The van der Waals surface area contributed by atoms with Gasteiger partial charge >= 0.3 is 0 Å². The zero-order valence-electron chi connectivity index (χ0n) is 15.8. The van der Waals surface area contributed by atoms with E-state index >= 15 is 0 Å². The number of benzene rings is 1. The van der Waals surface area contributed by atoms with Crippen molar-refractivity contribution in [1.29, 1.82) is 0 Å². The molecule has 1 aromatic carbocycles. The van der Waals surface area contributed by atoms with Gasteiger partial charge in [0.1, 0.15) is 0 Å². The molecular formula is C23H31FO2. The standard InChI is InChI=1S/C23H31FO2/c1-3-15-5-7-16(8-6-15)17-9-11-18(12-10-17)19-13-14-20(21(25)4-2)23(26)22(19)24/h3,13-18,26H,1,4-12H2,2H3. The second-order valence-corrected chi connectivity index (χ2v) is 8.16. The Hall–Kier alpha value is -1.64. The number of halogens is 1. The smallest absolute Gasteiger partial charge is 0.169 e. The summed E-state index contributed by atoms with van der Waals surface area (Å²) in [5.74, 6) is 1.17. The third-order valence-corrected chi connectivity index (χ3v) is 6.80. The first-order valence-electron chi connectivity index (χ1n) is 10.2. The van der Waals surface area contributed by atoms with Gasteiger partial charge in [-0.2, -0.15) is 0 Å². The Bertz CT molecular complexity index is 650. The maximum atomic E-state index is 14.7. The normalized spacial score (nSPS) is 29.3. The van der Waals surface area contributed by atoms with Crippen LogP contribution in [0, 0.1) is 23.6 Å². The van der Waals surface area contributed by atoms with Crippen LogP contribution in [0.5, 0.6) is 5.75 Å².